The van der Waals surface area contributed by atoms with Gasteiger partial charge < -0.3 is 14.6 Å². The fourth-order valence-corrected chi connectivity index (χ4v) is 2.67. The molecule has 0 aliphatic carbocycles. The van der Waals surface area contributed by atoms with Crippen molar-refractivity contribution in [3.05, 3.63) is 29.8 Å². The Kier molecular flexibility index (Phi) is 6.28. The lowest BCUT2D eigenvalue weighted by Crippen LogP contribution is -2.29. The predicted molar refractivity (Wildman–Crippen MR) is 71.4 cm³/mol. The van der Waals surface area contributed by atoms with Gasteiger partial charge in [-0.15, -0.1) is 0 Å². The minimum absolute atomic E-state index is 0.0843. The van der Waals surface area contributed by atoms with Crippen LogP contribution in [0, 0.1) is 0 Å². The van der Waals surface area contributed by atoms with E-state index >= 15 is 0 Å². The molecule has 1 aromatic carbocycles. The standard InChI is InChI=1S/C12H15NO7S/c1-19-12(16)9-4-2-3-5-10(9)21(17,18)13-6-7-20-8-11(14)15/h2-5,13H,6-8H2,1H3,(H,14,15). The van der Waals surface area contributed by atoms with E-state index < -0.39 is 28.6 Å². The molecule has 0 amide bonds. The van der Waals surface area contributed by atoms with Crippen molar-refractivity contribution in [2.24, 2.45) is 0 Å². The highest BCUT2D eigenvalue weighted by Gasteiger charge is 2.22. The van der Waals surface area contributed by atoms with Crippen LogP contribution in [0.2, 0.25) is 0 Å². The third-order valence-corrected chi connectivity index (χ3v) is 3.87. The Labute approximate surface area is 121 Å². The summed E-state index contributed by atoms with van der Waals surface area (Å²) in [5.74, 6) is -1.91. The number of nitrogens with one attached hydrogen (secondary N) is 1. The predicted octanol–water partition coefficient (Wildman–Crippen LogP) is -0.147. The molecular weight excluding hydrogens is 302 g/mol. The molecule has 0 unspecified atom stereocenters. The molecule has 116 valence electrons. The van der Waals surface area contributed by atoms with Gasteiger partial charge in [-0.25, -0.2) is 22.7 Å². The lowest BCUT2D eigenvalue weighted by atomic mass is 10.2. The molecule has 2 N–H and O–H groups in total. The maximum atomic E-state index is 12.1. The van der Waals surface area contributed by atoms with Crippen molar-refractivity contribution in [2.45, 2.75) is 4.90 Å². The number of hydrogen-bond donors (Lipinski definition) is 2. The molecule has 0 spiro atoms. The summed E-state index contributed by atoms with van der Waals surface area (Å²) < 4.78 is 35.6. The zero-order valence-corrected chi connectivity index (χ0v) is 12.1. The Hall–Kier alpha value is -1.97. The number of rotatable bonds is 8. The maximum absolute atomic E-state index is 12.1. The van der Waals surface area contributed by atoms with Crippen LogP contribution in [-0.2, 0) is 24.3 Å². The lowest BCUT2D eigenvalue weighted by molar-refractivity contribution is -0.142. The zero-order valence-electron chi connectivity index (χ0n) is 11.2. The van der Waals surface area contributed by atoms with Crippen LogP contribution in [0.1, 0.15) is 10.4 Å². The summed E-state index contributed by atoms with van der Waals surface area (Å²) >= 11 is 0. The van der Waals surface area contributed by atoms with Crippen LogP contribution in [0.15, 0.2) is 29.2 Å². The number of benzene rings is 1. The second-order valence-electron chi connectivity index (χ2n) is 3.83. The normalized spacial score (nSPS) is 11.1. The fourth-order valence-electron chi connectivity index (χ4n) is 1.46. The summed E-state index contributed by atoms with van der Waals surface area (Å²) in [7, 11) is -2.77. The molecule has 8 nitrogen and oxygen atoms in total. The average molecular weight is 317 g/mol. The first-order valence-electron chi connectivity index (χ1n) is 5.85. The van der Waals surface area contributed by atoms with E-state index in [-0.39, 0.29) is 23.6 Å². The highest BCUT2D eigenvalue weighted by atomic mass is 32.2. The number of carbonyl (C=O) groups excluding carboxylic acids is 1. The number of sulfonamides is 1. The molecule has 0 aliphatic heterocycles. The molecule has 0 heterocycles. The Morgan fingerprint density at radius 2 is 1.95 bits per heavy atom. The molecule has 1 rings (SSSR count). The Morgan fingerprint density at radius 3 is 2.57 bits per heavy atom. The van der Waals surface area contributed by atoms with Gasteiger partial charge in [-0.05, 0) is 12.1 Å². The van der Waals surface area contributed by atoms with Gasteiger partial charge in [-0.1, -0.05) is 12.1 Å². The highest BCUT2D eigenvalue weighted by molar-refractivity contribution is 7.89. The van der Waals surface area contributed by atoms with E-state index in [0.717, 1.165) is 7.11 Å². The molecule has 0 fully saturated rings. The van der Waals surface area contributed by atoms with Crippen LogP contribution in [0.25, 0.3) is 0 Å². The molecule has 0 aromatic heterocycles. The first-order chi connectivity index (χ1) is 9.88. The van der Waals surface area contributed by atoms with E-state index in [1.54, 1.807) is 0 Å². The topological polar surface area (TPSA) is 119 Å². The van der Waals surface area contributed by atoms with Crippen molar-refractivity contribution in [1.82, 2.24) is 4.72 Å². The quantitative estimate of drug-likeness (QED) is 0.505. The van der Waals surface area contributed by atoms with Gasteiger partial charge in [0.05, 0.1) is 24.2 Å². The van der Waals surface area contributed by atoms with Crippen molar-refractivity contribution >= 4 is 22.0 Å². The summed E-state index contributed by atoms with van der Waals surface area (Å²) in [6, 6.07) is 5.59. The summed E-state index contributed by atoms with van der Waals surface area (Å²) in [5, 5.41) is 8.36. The van der Waals surface area contributed by atoms with Crippen LogP contribution in [0.5, 0.6) is 0 Å². The summed E-state index contributed by atoms with van der Waals surface area (Å²) in [6.07, 6.45) is 0. The van der Waals surface area contributed by atoms with Crippen LogP contribution in [-0.4, -0.2) is 52.3 Å². The van der Waals surface area contributed by atoms with Crippen molar-refractivity contribution < 1.29 is 32.6 Å². The van der Waals surface area contributed by atoms with Gasteiger partial charge in [0.15, 0.2) is 0 Å². The molecular formula is C12H15NO7S. The molecule has 1 aromatic rings. The number of esters is 1. The summed E-state index contributed by atoms with van der Waals surface area (Å²) in [5.41, 5.74) is -0.0843. The minimum atomic E-state index is -3.93. The first-order valence-corrected chi connectivity index (χ1v) is 7.33. The van der Waals surface area contributed by atoms with E-state index in [9.17, 15) is 18.0 Å². The van der Waals surface area contributed by atoms with E-state index in [1.807, 2.05) is 0 Å². The Balaban J connectivity index is 2.75. The molecule has 0 atom stereocenters. The van der Waals surface area contributed by atoms with Gasteiger partial charge in [0, 0.05) is 6.54 Å². The van der Waals surface area contributed by atoms with E-state index in [0.29, 0.717) is 0 Å². The second kappa shape index (κ2) is 7.72. The van der Waals surface area contributed by atoms with Crippen LogP contribution in [0.3, 0.4) is 0 Å². The number of hydrogen-bond acceptors (Lipinski definition) is 6. The van der Waals surface area contributed by atoms with Gasteiger partial charge in [-0.2, -0.15) is 0 Å². The van der Waals surface area contributed by atoms with Crippen molar-refractivity contribution in [2.75, 3.05) is 26.9 Å². The van der Waals surface area contributed by atoms with Gasteiger partial charge >= 0.3 is 11.9 Å². The Bertz CT molecular complexity index is 612. The first kappa shape index (κ1) is 17.1. The fraction of sp³-hybridized carbons (Fsp3) is 0.333. The largest absolute Gasteiger partial charge is 0.480 e. The van der Waals surface area contributed by atoms with Crippen molar-refractivity contribution in [1.29, 1.82) is 0 Å². The van der Waals surface area contributed by atoms with Crippen LogP contribution >= 0.6 is 0 Å². The minimum Gasteiger partial charge on any atom is -0.480 e. The van der Waals surface area contributed by atoms with Gasteiger partial charge in [0.2, 0.25) is 10.0 Å². The number of methoxy groups -OCH3 is 1. The SMILES string of the molecule is COC(=O)c1ccccc1S(=O)(=O)NCCOCC(=O)O. The van der Waals surface area contributed by atoms with Gasteiger partial charge in [0.1, 0.15) is 6.61 Å². The van der Waals surface area contributed by atoms with Crippen LogP contribution in [0.4, 0.5) is 0 Å². The monoisotopic (exact) mass is 317 g/mol. The molecule has 0 radical (unpaired) electrons. The highest BCUT2D eigenvalue weighted by Crippen LogP contribution is 2.15. The molecule has 9 heteroatoms. The third-order valence-electron chi connectivity index (χ3n) is 2.35. The third kappa shape index (κ3) is 5.14. The molecule has 0 bridgehead atoms. The number of carbonyl (C=O) groups is 2. The number of ether oxygens (including phenoxy) is 2. The van der Waals surface area contributed by atoms with Crippen LogP contribution < -0.4 is 4.72 Å². The summed E-state index contributed by atoms with van der Waals surface area (Å²) in [6.45, 7) is -0.739. The molecule has 21 heavy (non-hydrogen) atoms. The molecule has 0 saturated heterocycles. The van der Waals surface area contributed by atoms with Gasteiger partial charge in [0.25, 0.3) is 0 Å². The average Bonchev–Trinajstić information content (AvgIpc) is 2.45. The molecule has 0 saturated carbocycles. The maximum Gasteiger partial charge on any atom is 0.339 e. The molecule has 0 aliphatic rings. The van der Waals surface area contributed by atoms with E-state index in [2.05, 4.69) is 9.46 Å². The summed E-state index contributed by atoms with van der Waals surface area (Å²) in [4.78, 5) is 21.5. The smallest absolute Gasteiger partial charge is 0.339 e. The number of aliphatic carboxylic acids is 1. The van der Waals surface area contributed by atoms with Gasteiger partial charge in [-0.3, -0.25) is 0 Å². The zero-order chi connectivity index (χ0) is 15.9. The number of carboxylic acids is 1. The lowest BCUT2D eigenvalue weighted by Gasteiger charge is -2.10. The Morgan fingerprint density at radius 1 is 1.29 bits per heavy atom. The van der Waals surface area contributed by atoms with E-state index in [1.165, 1.54) is 24.3 Å². The second-order valence-corrected chi connectivity index (χ2v) is 5.57. The number of carboxylic acid groups (broad SMARTS) is 1. The van der Waals surface area contributed by atoms with E-state index in [4.69, 9.17) is 9.84 Å². The van der Waals surface area contributed by atoms with Crippen molar-refractivity contribution in [3.63, 3.8) is 0 Å². The van der Waals surface area contributed by atoms with Crippen molar-refractivity contribution in [3.8, 4) is 0 Å².